The number of aryl methyl sites for hydroxylation is 1. The van der Waals surface area contributed by atoms with E-state index in [4.69, 9.17) is 22.1 Å². The highest BCUT2D eigenvalue weighted by Gasteiger charge is 2.07. The number of aromatic nitrogens is 1. The van der Waals surface area contributed by atoms with Crippen LogP contribution < -0.4 is 10.5 Å². The van der Waals surface area contributed by atoms with Crippen LogP contribution in [0.4, 0.5) is 0 Å². The number of halogens is 2. The Morgan fingerprint density at radius 2 is 2.10 bits per heavy atom. The van der Waals surface area contributed by atoms with Gasteiger partial charge in [0.15, 0.2) is 0 Å². The Kier molecular flexibility index (Phi) is 5.40. The van der Waals surface area contributed by atoms with E-state index < -0.39 is 0 Å². The highest BCUT2D eigenvalue weighted by atomic mass is 79.9. The molecule has 0 aliphatic carbocycles. The molecule has 0 unspecified atom stereocenters. The second-order valence-electron chi connectivity index (χ2n) is 4.46. The first-order chi connectivity index (χ1) is 9.60. The first-order valence-corrected chi connectivity index (χ1v) is 7.50. The quantitative estimate of drug-likeness (QED) is 0.885. The third-order valence-electron chi connectivity index (χ3n) is 2.85. The van der Waals surface area contributed by atoms with Gasteiger partial charge in [-0.15, -0.1) is 0 Å². The summed E-state index contributed by atoms with van der Waals surface area (Å²) in [6.45, 7) is 2.91. The maximum atomic E-state index is 6.18. The minimum absolute atomic E-state index is 0.411. The normalized spacial score (nSPS) is 10.6. The molecule has 2 rings (SSSR count). The van der Waals surface area contributed by atoms with Gasteiger partial charge in [0.25, 0.3) is 0 Å². The van der Waals surface area contributed by atoms with Crippen LogP contribution in [-0.4, -0.2) is 11.5 Å². The van der Waals surface area contributed by atoms with Crippen LogP contribution in [0.3, 0.4) is 0 Å². The molecule has 0 aliphatic heterocycles. The van der Waals surface area contributed by atoms with Gasteiger partial charge in [0.1, 0.15) is 12.4 Å². The molecule has 0 spiro atoms. The molecule has 1 heterocycles. The molecule has 0 radical (unpaired) electrons. The number of pyridine rings is 1. The first-order valence-electron chi connectivity index (χ1n) is 6.33. The molecule has 1 aromatic heterocycles. The number of rotatable bonds is 5. The van der Waals surface area contributed by atoms with Crippen molar-refractivity contribution in [2.24, 2.45) is 5.73 Å². The van der Waals surface area contributed by atoms with Crippen molar-refractivity contribution < 1.29 is 4.74 Å². The molecule has 5 heteroatoms. The van der Waals surface area contributed by atoms with Gasteiger partial charge >= 0.3 is 0 Å². The van der Waals surface area contributed by atoms with E-state index in [1.54, 1.807) is 0 Å². The van der Waals surface area contributed by atoms with E-state index in [-0.39, 0.29) is 0 Å². The molecule has 0 bridgehead atoms. The van der Waals surface area contributed by atoms with E-state index in [9.17, 15) is 0 Å². The van der Waals surface area contributed by atoms with Crippen molar-refractivity contribution >= 4 is 27.5 Å². The summed E-state index contributed by atoms with van der Waals surface area (Å²) in [4.78, 5) is 4.47. The molecular weight excluding hydrogens is 340 g/mol. The van der Waals surface area contributed by atoms with Gasteiger partial charge in [-0.1, -0.05) is 33.6 Å². The predicted molar refractivity (Wildman–Crippen MR) is 85.2 cm³/mol. The van der Waals surface area contributed by atoms with Crippen LogP contribution in [-0.2, 0) is 13.0 Å². The van der Waals surface area contributed by atoms with Gasteiger partial charge in [-0.3, -0.25) is 4.98 Å². The fourth-order valence-electron chi connectivity index (χ4n) is 1.84. The first kappa shape index (κ1) is 15.3. The molecule has 20 heavy (non-hydrogen) atoms. The third kappa shape index (κ3) is 3.95. The van der Waals surface area contributed by atoms with E-state index in [0.717, 1.165) is 27.2 Å². The number of nitrogens with two attached hydrogens (primary N) is 1. The van der Waals surface area contributed by atoms with Crippen LogP contribution in [0.15, 0.2) is 34.8 Å². The highest BCUT2D eigenvalue weighted by molar-refractivity contribution is 9.10. The van der Waals surface area contributed by atoms with Crippen molar-refractivity contribution in [3.05, 3.63) is 56.8 Å². The molecule has 0 amide bonds. The van der Waals surface area contributed by atoms with Gasteiger partial charge in [-0.2, -0.15) is 0 Å². The SMILES string of the molecule is Cc1ccc(OCc2ccc(Br)cc2Cl)c(CCN)n1. The van der Waals surface area contributed by atoms with Gasteiger partial charge in [0.2, 0.25) is 0 Å². The van der Waals surface area contributed by atoms with Crippen molar-refractivity contribution in [3.63, 3.8) is 0 Å². The van der Waals surface area contributed by atoms with Crippen molar-refractivity contribution in [1.29, 1.82) is 0 Å². The predicted octanol–water partition coefficient (Wildman–Crippen LogP) is 3.89. The molecule has 2 aromatic rings. The van der Waals surface area contributed by atoms with Gasteiger partial charge in [0.05, 0.1) is 5.69 Å². The van der Waals surface area contributed by atoms with E-state index >= 15 is 0 Å². The molecular formula is C15H16BrClN2O. The van der Waals surface area contributed by atoms with Crippen LogP contribution in [0.1, 0.15) is 17.0 Å². The maximum absolute atomic E-state index is 6.18. The highest BCUT2D eigenvalue weighted by Crippen LogP contribution is 2.24. The van der Waals surface area contributed by atoms with Crippen molar-refractivity contribution in [2.45, 2.75) is 20.0 Å². The third-order valence-corrected chi connectivity index (χ3v) is 3.70. The summed E-state index contributed by atoms with van der Waals surface area (Å²) >= 11 is 9.56. The number of ether oxygens (including phenoxy) is 1. The minimum Gasteiger partial charge on any atom is -0.487 e. The Bertz CT molecular complexity index is 604. The van der Waals surface area contributed by atoms with E-state index in [2.05, 4.69) is 20.9 Å². The summed E-state index contributed by atoms with van der Waals surface area (Å²) in [6.07, 6.45) is 0.699. The zero-order chi connectivity index (χ0) is 14.5. The zero-order valence-electron chi connectivity index (χ0n) is 11.2. The van der Waals surface area contributed by atoms with Gasteiger partial charge in [-0.25, -0.2) is 0 Å². The average molecular weight is 356 g/mol. The van der Waals surface area contributed by atoms with Crippen LogP contribution in [0.5, 0.6) is 5.75 Å². The lowest BCUT2D eigenvalue weighted by atomic mass is 10.2. The molecule has 2 N–H and O–H groups in total. The van der Waals surface area contributed by atoms with Crippen LogP contribution >= 0.6 is 27.5 Å². The largest absolute Gasteiger partial charge is 0.487 e. The van der Waals surface area contributed by atoms with Gasteiger partial charge < -0.3 is 10.5 Å². The van der Waals surface area contributed by atoms with E-state index in [0.29, 0.717) is 24.6 Å². The van der Waals surface area contributed by atoms with E-state index in [1.807, 2.05) is 37.3 Å². The topological polar surface area (TPSA) is 48.1 Å². The molecule has 106 valence electrons. The minimum atomic E-state index is 0.411. The summed E-state index contributed by atoms with van der Waals surface area (Å²) in [5.74, 6) is 0.764. The van der Waals surface area contributed by atoms with Crippen LogP contribution in [0, 0.1) is 6.92 Å². The summed E-state index contributed by atoms with van der Waals surface area (Å²) in [5.41, 5.74) is 8.39. The van der Waals surface area contributed by atoms with Crippen LogP contribution in [0.2, 0.25) is 5.02 Å². The molecule has 0 saturated heterocycles. The standard InChI is InChI=1S/C15H16BrClN2O/c1-10-2-5-15(14(19-10)6-7-18)20-9-11-3-4-12(16)8-13(11)17/h2-5,8H,6-7,9,18H2,1H3. The molecule has 0 aliphatic rings. The van der Waals surface area contributed by atoms with Crippen molar-refractivity contribution in [1.82, 2.24) is 4.98 Å². The Balaban J connectivity index is 2.14. The maximum Gasteiger partial charge on any atom is 0.141 e. The fourth-order valence-corrected chi connectivity index (χ4v) is 2.57. The molecule has 0 saturated carbocycles. The number of nitrogens with zero attached hydrogens (tertiary/aromatic N) is 1. The Labute approximate surface area is 132 Å². The van der Waals surface area contributed by atoms with Crippen molar-refractivity contribution in [3.8, 4) is 5.75 Å². The summed E-state index contributed by atoms with van der Waals surface area (Å²) in [5, 5.41) is 0.680. The summed E-state index contributed by atoms with van der Waals surface area (Å²) in [6, 6.07) is 9.60. The van der Waals surface area contributed by atoms with Crippen LogP contribution in [0.25, 0.3) is 0 Å². The lowest BCUT2D eigenvalue weighted by molar-refractivity contribution is 0.301. The average Bonchev–Trinajstić information content (AvgIpc) is 2.40. The lowest BCUT2D eigenvalue weighted by Crippen LogP contribution is -2.08. The Hall–Kier alpha value is -1.10. The van der Waals surface area contributed by atoms with E-state index in [1.165, 1.54) is 0 Å². The number of benzene rings is 1. The Morgan fingerprint density at radius 3 is 2.80 bits per heavy atom. The zero-order valence-corrected chi connectivity index (χ0v) is 13.5. The van der Waals surface area contributed by atoms with Crippen molar-refractivity contribution in [2.75, 3.05) is 6.54 Å². The molecule has 1 aromatic carbocycles. The number of hydrogen-bond acceptors (Lipinski definition) is 3. The molecule has 0 atom stereocenters. The second-order valence-corrected chi connectivity index (χ2v) is 5.78. The summed E-state index contributed by atoms with van der Waals surface area (Å²) in [7, 11) is 0. The Morgan fingerprint density at radius 1 is 1.30 bits per heavy atom. The molecule has 3 nitrogen and oxygen atoms in total. The van der Waals surface area contributed by atoms with Gasteiger partial charge in [0, 0.05) is 27.2 Å². The van der Waals surface area contributed by atoms with Gasteiger partial charge in [-0.05, 0) is 37.7 Å². The lowest BCUT2D eigenvalue weighted by Gasteiger charge is -2.12. The smallest absolute Gasteiger partial charge is 0.141 e. The number of hydrogen-bond donors (Lipinski definition) is 1. The summed E-state index contributed by atoms with van der Waals surface area (Å²) < 4.78 is 6.78. The molecule has 0 fully saturated rings. The monoisotopic (exact) mass is 354 g/mol. The second kappa shape index (κ2) is 7.07. The fraction of sp³-hybridized carbons (Fsp3) is 0.267.